The summed E-state index contributed by atoms with van der Waals surface area (Å²) >= 11 is 0. The van der Waals surface area contributed by atoms with Gasteiger partial charge < -0.3 is 5.32 Å². The molecule has 6 heteroatoms. The van der Waals surface area contributed by atoms with Crippen LogP contribution in [-0.2, 0) is 12.8 Å². The standard InChI is InChI=1S/C23H22N6/c1-16(17-9-11-18(12-10-17)29-15-5-14-25-29)26-22-19-6-4-8-20(19)27-23(28-22)21-7-2-3-13-24-21/h2-3,5,7,9-16H,4,6,8H2,1H3,(H,26,27,28). The number of hydrogen-bond donors (Lipinski definition) is 1. The number of rotatable bonds is 5. The molecule has 0 bridgehead atoms. The van der Waals surface area contributed by atoms with Gasteiger partial charge in [-0.2, -0.15) is 5.10 Å². The molecule has 144 valence electrons. The Morgan fingerprint density at radius 1 is 0.966 bits per heavy atom. The molecule has 0 fully saturated rings. The van der Waals surface area contributed by atoms with Gasteiger partial charge in [-0.05, 0) is 62.1 Å². The zero-order chi connectivity index (χ0) is 19.6. The van der Waals surface area contributed by atoms with Gasteiger partial charge in [-0.1, -0.05) is 18.2 Å². The van der Waals surface area contributed by atoms with E-state index in [9.17, 15) is 0 Å². The van der Waals surface area contributed by atoms with Gasteiger partial charge in [0.25, 0.3) is 0 Å². The fourth-order valence-corrected chi connectivity index (χ4v) is 3.79. The van der Waals surface area contributed by atoms with Crippen LogP contribution in [0.25, 0.3) is 17.2 Å². The molecule has 0 amide bonds. The maximum absolute atomic E-state index is 4.84. The van der Waals surface area contributed by atoms with Gasteiger partial charge in [-0.25, -0.2) is 14.6 Å². The fraction of sp³-hybridized carbons (Fsp3) is 0.217. The molecule has 3 aromatic heterocycles. The zero-order valence-electron chi connectivity index (χ0n) is 16.3. The maximum Gasteiger partial charge on any atom is 0.180 e. The summed E-state index contributed by atoms with van der Waals surface area (Å²) in [5.74, 6) is 1.62. The highest BCUT2D eigenvalue weighted by atomic mass is 15.3. The fourth-order valence-electron chi connectivity index (χ4n) is 3.79. The third-order valence-corrected chi connectivity index (χ3v) is 5.34. The van der Waals surface area contributed by atoms with Gasteiger partial charge in [0, 0.05) is 35.9 Å². The Kier molecular flexibility index (Phi) is 4.52. The Labute approximate surface area is 169 Å². The van der Waals surface area contributed by atoms with Crippen LogP contribution in [0.15, 0.2) is 67.1 Å². The molecule has 0 saturated heterocycles. The van der Waals surface area contributed by atoms with Crippen LogP contribution in [0.5, 0.6) is 0 Å². The van der Waals surface area contributed by atoms with Crippen molar-refractivity contribution in [1.82, 2.24) is 24.7 Å². The topological polar surface area (TPSA) is 68.5 Å². The van der Waals surface area contributed by atoms with Crippen molar-refractivity contribution < 1.29 is 0 Å². The molecule has 1 aliphatic rings. The van der Waals surface area contributed by atoms with Gasteiger partial charge in [-0.3, -0.25) is 4.98 Å². The number of hydrogen-bond acceptors (Lipinski definition) is 5. The highest BCUT2D eigenvalue weighted by Gasteiger charge is 2.21. The van der Waals surface area contributed by atoms with Crippen LogP contribution in [0, 0.1) is 0 Å². The average molecular weight is 382 g/mol. The summed E-state index contributed by atoms with van der Waals surface area (Å²) in [5.41, 5.74) is 5.44. The SMILES string of the molecule is CC(Nc1nc(-c2ccccn2)nc2c1CCC2)c1ccc(-n2cccn2)cc1. The van der Waals surface area contributed by atoms with Crippen LogP contribution in [0.3, 0.4) is 0 Å². The summed E-state index contributed by atoms with van der Waals surface area (Å²) in [7, 11) is 0. The molecule has 1 N–H and O–H groups in total. The number of fused-ring (bicyclic) bond motifs is 1. The lowest BCUT2D eigenvalue weighted by molar-refractivity contribution is 0.853. The van der Waals surface area contributed by atoms with Crippen molar-refractivity contribution in [1.29, 1.82) is 0 Å². The predicted octanol–water partition coefficient (Wildman–Crippen LogP) is 4.39. The van der Waals surface area contributed by atoms with Gasteiger partial charge in [0.1, 0.15) is 11.5 Å². The minimum atomic E-state index is 0.123. The number of anilines is 1. The van der Waals surface area contributed by atoms with Crippen molar-refractivity contribution in [3.63, 3.8) is 0 Å². The molecule has 1 unspecified atom stereocenters. The zero-order valence-corrected chi connectivity index (χ0v) is 16.3. The lowest BCUT2D eigenvalue weighted by Crippen LogP contribution is -2.12. The van der Waals surface area contributed by atoms with Crippen molar-refractivity contribution in [2.75, 3.05) is 5.32 Å². The lowest BCUT2D eigenvalue weighted by atomic mass is 10.1. The first-order valence-electron chi connectivity index (χ1n) is 9.95. The third kappa shape index (κ3) is 3.49. The highest BCUT2D eigenvalue weighted by molar-refractivity contribution is 5.58. The largest absolute Gasteiger partial charge is 0.363 e. The third-order valence-electron chi connectivity index (χ3n) is 5.34. The summed E-state index contributed by atoms with van der Waals surface area (Å²) in [4.78, 5) is 14.0. The molecular formula is C23H22N6. The number of nitrogens with zero attached hydrogens (tertiary/aromatic N) is 5. The summed E-state index contributed by atoms with van der Waals surface area (Å²) in [6, 6.07) is 16.3. The molecule has 1 aliphatic carbocycles. The monoisotopic (exact) mass is 382 g/mol. The van der Waals surface area contributed by atoms with E-state index in [4.69, 9.17) is 9.97 Å². The number of aryl methyl sites for hydroxylation is 1. The second-order valence-electron chi connectivity index (χ2n) is 7.30. The average Bonchev–Trinajstić information content (AvgIpc) is 3.46. The molecule has 1 aromatic carbocycles. The van der Waals surface area contributed by atoms with Crippen LogP contribution in [0.2, 0.25) is 0 Å². The van der Waals surface area contributed by atoms with Gasteiger partial charge >= 0.3 is 0 Å². The van der Waals surface area contributed by atoms with E-state index in [1.807, 2.05) is 35.1 Å². The lowest BCUT2D eigenvalue weighted by Gasteiger charge is -2.18. The number of nitrogens with one attached hydrogen (secondary N) is 1. The van der Waals surface area contributed by atoms with Crippen molar-refractivity contribution in [2.45, 2.75) is 32.2 Å². The molecular weight excluding hydrogens is 360 g/mol. The number of pyridine rings is 1. The highest BCUT2D eigenvalue weighted by Crippen LogP contribution is 2.31. The van der Waals surface area contributed by atoms with E-state index in [0.29, 0.717) is 5.82 Å². The molecule has 4 aromatic rings. The van der Waals surface area contributed by atoms with Crippen LogP contribution in [0.4, 0.5) is 5.82 Å². The predicted molar refractivity (Wildman–Crippen MR) is 113 cm³/mol. The Hall–Kier alpha value is -3.54. The summed E-state index contributed by atoms with van der Waals surface area (Å²) in [5, 5.41) is 7.91. The van der Waals surface area contributed by atoms with E-state index in [2.05, 4.69) is 46.6 Å². The molecule has 0 spiro atoms. The van der Waals surface area contributed by atoms with Gasteiger partial charge in [0.15, 0.2) is 5.82 Å². The van der Waals surface area contributed by atoms with E-state index < -0.39 is 0 Å². The van der Waals surface area contributed by atoms with Crippen LogP contribution in [-0.4, -0.2) is 24.7 Å². The molecule has 6 nitrogen and oxygen atoms in total. The van der Waals surface area contributed by atoms with Crippen LogP contribution in [0.1, 0.15) is 36.2 Å². The summed E-state index contributed by atoms with van der Waals surface area (Å²) in [6.07, 6.45) is 8.65. The molecule has 5 rings (SSSR count). The van der Waals surface area contributed by atoms with Crippen molar-refractivity contribution in [3.05, 3.63) is 83.9 Å². The Bertz CT molecular complexity index is 1100. The Morgan fingerprint density at radius 3 is 2.62 bits per heavy atom. The summed E-state index contributed by atoms with van der Waals surface area (Å²) < 4.78 is 1.86. The van der Waals surface area contributed by atoms with Gasteiger partial charge in [0.05, 0.1) is 5.69 Å². The minimum Gasteiger partial charge on any atom is -0.363 e. The first kappa shape index (κ1) is 17.6. The number of aromatic nitrogens is 5. The second-order valence-corrected chi connectivity index (χ2v) is 7.30. The van der Waals surface area contributed by atoms with E-state index >= 15 is 0 Å². The Morgan fingerprint density at radius 2 is 1.86 bits per heavy atom. The Balaban J connectivity index is 1.43. The maximum atomic E-state index is 4.84. The molecule has 1 atom stereocenters. The molecule has 0 aliphatic heterocycles. The quantitative estimate of drug-likeness (QED) is 0.554. The van der Waals surface area contributed by atoms with Crippen molar-refractivity contribution in [3.8, 4) is 17.2 Å². The van der Waals surface area contributed by atoms with E-state index in [0.717, 1.165) is 42.2 Å². The van der Waals surface area contributed by atoms with Crippen molar-refractivity contribution >= 4 is 5.82 Å². The van der Waals surface area contributed by atoms with Crippen LogP contribution >= 0.6 is 0 Å². The molecule has 3 heterocycles. The minimum absolute atomic E-state index is 0.123. The van der Waals surface area contributed by atoms with E-state index in [-0.39, 0.29) is 6.04 Å². The normalized spacial score (nSPS) is 13.8. The number of benzene rings is 1. The second kappa shape index (κ2) is 7.47. The molecule has 0 saturated carbocycles. The van der Waals surface area contributed by atoms with Crippen LogP contribution < -0.4 is 5.32 Å². The van der Waals surface area contributed by atoms with Crippen molar-refractivity contribution in [2.24, 2.45) is 0 Å². The molecule has 29 heavy (non-hydrogen) atoms. The van der Waals surface area contributed by atoms with Gasteiger partial charge in [0.2, 0.25) is 0 Å². The first-order chi connectivity index (χ1) is 14.3. The smallest absolute Gasteiger partial charge is 0.180 e. The van der Waals surface area contributed by atoms with E-state index in [1.54, 1.807) is 12.4 Å². The molecule has 0 radical (unpaired) electrons. The van der Waals surface area contributed by atoms with E-state index in [1.165, 1.54) is 11.1 Å². The first-order valence-corrected chi connectivity index (χ1v) is 9.95. The summed E-state index contributed by atoms with van der Waals surface area (Å²) in [6.45, 7) is 2.16. The van der Waals surface area contributed by atoms with Gasteiger partial charge in [-0.15, -0.1) is 0 Å².